The third kappa shape index (κ3) is 6.34. The van der Waals surface area contributed by atoms with E-state index in [1.165, 1.54) is 12.1 Å². The number of benzene rings is 2. The zero-order chi connectivity index (χ0) is 22.4. The van der Waals surface area contributed by atoms with Crippen LogP contribution in [-0.4, -0.2) is 27.4 Å². The summed E-state index contributed by atoms with van der Waals surface area (Å²) in [6.45, 7) is -0.403. The summed E-state index contributed by atoms with van der Waals surface area (Å²) in [5, 5.41) is 12.9. The average molecular weight is 501 g/mol. The van der Waals surface area contributed by atoms with E-state index in [2.05, 4.69) is 20.8 Å². The summed E-state index contributed by atoms with van der Waals surface area (Å²) in [7, 11) is 0. The minimum atomic E-state index is -0.642. The number of rotatable bonds is 8. The van der Waals surface area contributed by atoms with Crippen molar-refractivity contribution < 1.29 is 14.5 Å². The number of aromatic nitrogens is 2. The fourth-order valence-electron chi connectivity index (χ4n) is 2.21. The van der Waals surface area contributed by atoms with Crippen LogP contribution in [0.25, 0.3) is 0 Å². The van der Waals surface area contributed by atoms with Gasteiger partial charge in [0.05, 0.1) is 9.95 Å². The minimum absolute atomic E-state index is 0.0864. The molecule has 1 aromatic heterocycles. The minimum Gasteiger partial charge on any atom is -0.482 e. The lowest BCUT2D eigenvalue weighted by atomic mass is 10.3. The molecular weight excluding hydrogens is 489 g/mol. The summed E-state index contributed by atoms with van der Waals surface area (Å²) in [5.41, 5.74) is 4.32. The molecule has 9 nitrogen and oxygen atoms in total. The van der Waals surface area contributed by atoms with Crippen molar-refractivity contribution in [3.63, 3.8) is 0 Å². The molecule has 0 saturated carbocycles. The lowest BCUT2D eigenvalue weighted by Crippen LogP contribution is -2.34. The number of hydrazine groups is 1. The number of ether oxygens (including phenoxy) is 1. The lowest BCUT2D eigenvalue weighted by molar-refractivity contribution is -0.387. The molecule has 0 saturated heterocycles. The number of nitrogens with zero attached hydrogens (tertiary/aromatic N) is 3. The van der Waals surface area contributed by atoms with E-state index in [1.54, 1.807) is 30.3 Å². The average Bonchev–Trinajstić information content (AvgIpc) is 2.73. The van der Waals surface area contributed by atoms with Gasteiger partial charge in [-0.1, -0.05) is 46.6 Å². The Hall–Kier alpha value is -2.79. The second kappa shape index (κ2) is 10.5. The van der Waals surface area contributed by atoms with Crippen LogP contribution in [0.1, 0.15) is 0 Å². The quantitative estimate of drug-likeness (QED) is 0.251. The fraction of sp³-hybridized carbons (Fsp3) is 0.0556. The molecule has 0 unspecified atom stereocenters. The summed E-state index contributed by atoms with van der Waals surface area (Å²) in [4.78, 5) is 31.5. The molecule has 0 fully saturated rings. The molecule has 0 atom stereocenters. The first kappa shape index (κ1) is 22.9. The fourth-order valence-corrected chi connectivity index (χ4v) is 3.66. The zero-order valence-electron chi connectivity index (χ0n) is 15.3. The normalized spacial score (nSPS) is 10.4. The number of hydrogen-bond donors (Lipinski definition) is 2. The summed E-state index contributed by atoms with van der Waals surface area (Å²) >= 11 is 18.7. The maximum Gasteiger partial charge on any atom is 0.345 e. The third-order valence-electron chi connectivity index (χ3n) is 3.57. The topological polar surface area (TPSA) is 119 Å². The van der Waals surface area contributed by atoms with Crippen molar-refractivity contribution in [1.82, 2.24) is 15.4 Å². The van der Waals surface area contributed by atoms with E-state index in [-0.39, 0.29) is 21.6 Å². The van der Waals surface area contributed by atoms with E-state index in [1.807, 2.05) is 0 Å². The highest BCUT2D eigenvalue weighted by Gasteiger charge is 2.24. The molecule has 31 heavy (non-hydrogen) atoms. The van der Waals surface area contributed by atoms with Crippen molar-refractivity contribution >= 4 is 64.0 Å². The van der Waals surface area contributed by atoms with Gasteiger partial charge in [-0.25, -0.2) is 9.97 Å². The Kier molecular flexibility index (Phi) is 7.75. The van der Waals surface area contributed by atoms with Crippen molar-refractivity contribution in [1.29, 1.82) is 0 Å². The monoisotopic (exact) mass is 499 g/mol. The predicted octanol–water partition coefficient (Wildman–Crippen LogP) is 5.02. The van der Waals surface area contributed by atoms with Crippen molar-refractivity contribution in [2.24, 2.45) is 0 Å². The first-order chi connectivity index (χ1) is 14.8. The number of anilines is 1. The van der Waals surface area contributed by atoms with Crippen LogP contribution in [0.15, 0.2) is 58.7 Å². The Bertz CT molecular complexity index is 1120. The molecule has 160 valence electrons. The van der Waals surface area contributed by atoms with Crippen LogP contribution in [-0.2, 0) is 4.79 Å². The number of amides is 1. The van der Waals surface area contributed by atoms with Crippen LogP contribution in [0, 0.1) is 10.1 Å². The third-order valence-corrected chi connectivity index (χ3v) is 5.35. The summed E-state index contributed by atoms with van der Waals surface area (Å²) < 4.78 is 5.31. The second-order valence-corrected chi connectivity index (χ2v) is 8.07. The number of hydrogen-bond acceptors (Lipinski definition) is 8. The van der Waals surface area contributed by atoms with E-state index in [0.717, 1.165) is 18.1 Å². The molecule has 1 amide bonds. The highest BCUT2D eigenvalue weighted by atomic mass is 35.5. The first-order valence-electron chi connectivity index (χ1n) is 8.39. The number of carbonyl (C=O) groups is 1. The van der Waals surface area contributed by atoms with Gasteiger partial charge in [-0.15, -0.1) is 0 Å². The molecule has 2 aromatic carbocycles. The van der Waals surface area contributed by atoms with Gasteiger partial charge in [-0.2, -0.15) is 0 Å². The van der Waals surface area contributed by atoms with Crippen molar-refractivity contribution in [2.75, 3.05) is 12.0 Å². The molecule has 3 rings (SSSR count). The van der Waals surface area contributed by atoms with E-state index in [9.17, 15) is 14.9 Å². The number of nitro groups is 1. The molecular formula is C18H12Cl3N5O4S. The lowest BCUT2D eigenvalue weighted by Gasteiger charge is -2.11. The van der Waals surface area contributed by atoms with Gasteiger partial charge in [0.1, 0.15) is 12.1 Å². The summed E-state index contributed by atoms with van der Waals surface area (Å²) in [6, 6.07) is 11.3. The Morgan fingerprint density at radius 1 is 1.10 bits per heavy atom. The maximum atomic E-state index is 12.1. The smallest absolute Gasteiger partial charge is 0.345 e. The largest absolute Gasteiger partial charge is 0.482 e. The second-order valence-electron chi connectivity index (χ2n) is 5.73. The molecule has 0 bridgehead atoms. The molecule has 3 aromatic rings. The number of carbonyl (C=O) groups excluding carboxylic acids is 1. The molecule has 0 aliphatic rings. The molecule has 13 heteroatoms. The van der Waals surface area contributed by atoms with Crippen LogP contribution in [0.4, 0.5) is 11.5 Å². The van der Waals surface area contributed by atoms with Gasteiger partial charge in [-0.3, -0.25) is 25.8 Å². The van der Waals surface area contributed by atoms with Gasteiger partial charge in [0, 0.05) is 14.9 Å². The van der Waals surface area contributed by atoms with Gasteiger partial charge < -0.3 is 4.74 Å². The number of halogens is 3. The Morgan fingerprint density at radius 3 is 2.48 bits per heavy atom. The van der Waals surface area contributed by atoms with Crippen molar-refractivity contribution in [3.05, 3.63) is 74.0 Å². The van der Waals surface area contributed by atoms with E-state index >= 15 is 0 Å². The van der Waals surface area contributed by atoms with Gasteiger partial charge in [-0.05, 0) is 42.5 Å². The Morgan fingerprint density at radius 2 is 1.81 bits per heavy atom. The van der Waals surface area contributed by atoms with E-state index < -0.39 is 23.1 Å². The van der Waals surface area contributed by atoms with Crippen LogP contribution < -0.4 is 15.6 Å². The molecule has 0 spiro atoms. The van der Waals surface area contributed by atoms with Crippen LogP contribution >= 0.6 is 46.6 Å². The van der Waals surface area contributed by atoms with Crippen molar-refractivity contribution in [3.8, 4) is 5.75 Å². The zero-order valence-corrected chi connectivity index (χ0v) is 18.4. The number of nitrogens with one attached hydrogen (secondary N) is 2. The molecule has 0 aliphatic carbocycles. The van der Waals surface area contributed by atoms with Crippen molar-refractivity contribution in [2.45, 2.75) is 9.92 Å². The Balaban J connectivity index is 1.67. The van der Waals surface area contributed by atoms with E-state index in [0.29, 0.717) is 14.9 Å². The first-order valence-corrected chi connectivity index (χ1v) is 10.3. The molecule has 0 radical (unpaired) electrons. The SMILES string of the molecule is O=C(COc1ccc(Cl)cc1Cl)NNc1ncnc(Sc2ccc(Cl)cc2)c1[N+](=O)[O-]. The Labute approximate surface area is 195 Å². The highest BCUT2D eigenvalue weighted by Crippen LogP contribution is 2.36. The van der Waals surface area contributed by atoms with Gasteiger partial charge in [0.25, 0.3) is 5.91 Å². The maximum absolute atomic E-state index is 12.1. The van der Waals surface area contributed by atoms with Crippen LogP contribution in [0.5, 0.6) is 5.75 Å². The van der Waals surface area contributed by atoms with Gasteiger partial charge >= 0.3 is 5.69 Å². The standard InChI is InChI=1S/C18H12Cl3N5O4S/c19-10-1-4-12(5-2-10)31-18-16(26(28)29)17(22-9-23-18)25-24-15(27)8-30-14-6-3-11(20)7-13(14)21/h1-7,9H,8H2,(H,24,27)(H,22,23,25). The molecule has 0 aliphatic heterocycles. The van der Waals surface area contributed by atoms with Crippen LogP contribution in [0.2, 0.25) is 15.1 Å². The summed E-state index contributed by atoms with van der Waals surface area (Å²) in [5.74, 6) is -0.545. The van der Waals surface area contributed by atoms with Gasteiger partial charge in [0.2, 0.25) is 5.82 Å². The summed E-state index contributed by atoms with van der Waals surface area (Å²) in [6.07, 6.45) is 1.14. The van der Waals surface area contributed by atoms with Gasteiger partial charge in [0.15, 0.2) is 11.6 Å². The van der Waals surface area contributed by atoms with Crippen LogP contribution in [0.3, 0.4) is 0 Å². The molecule has 1 heterocycles. The highest BCUT2D eigenvalue weighted by molar-refractivity contribution is 7.99. The molecule has 2 N–H and O–H groups in total. The predicted molar refractivity (Wildman–Crippen MR) is 118 cm³/mol. The van der Waals surface area contributed by atoms with E-state index in [4.69, 9.17) is 39.5 Å².